The summed E-state index contributed by atoms with van der Waals surface area (Å²) in [6.45, 7) is 7.92. The summed E-state index contributed by atoms with van der Waals surface area (Å²) in [7, 11) is 0. The van der Waals surface area contributed by atoms with E-state index in [-0.39, 0.29) is 5.91 Å². The van der Waals surface area contributed by atoms with E-state index in [9.17, 15) is 9.59 Å². The van der Waals surface area contributed by atoms with Gasteiger partial charge in [0.1, 0.15) is 5.75 Å². The largest absolute Gasteiger partial charge is 0.480 e. The third-order valence-electron chi connectivity index (χ3n) is 4.13. The van der Waals surface area contributed by atoms with Gasteiger partial charge in [-0.1, -0.05) is 25.1 Å². The van der Waals surface area contributed by atoms with Crippen LogP contribution in [0.4, 0.5) is 5.69 Å². The highest BCUT2D eigenvalue weighted by Gasteiger charge is 2.20. The summed E-state index contributed by atoms with van der Waals surface area (Å²) in [5.41, 5.74) is 3.06. The molecule has 0 heterocycles. The Morgan fingerprint density at radius 1 is 1.08 bits per heavy atom. The first-order valence-electron chi connectivity index (χ1n) is 8.77. The van der Waals surface area contributed by atoms with Crippen molar-refractivity contribution in [1.82, 2.24) is 0 Å². The molecule has 26 heavy (non-hydrogen) atoms. The molecule has 0 bridgehead atoms. The Morgan fingerprint density at radius 3 is 2.50 bits per heavy atom. The van der Waals surface area contributed by atoms with E-state index in [1.807, 2.05) is 39.0 Å². The molecular weight excluding hydrogens is 330 g/mol. The minimum atomic E-state index is -0.623. The van der Waals surface area contributed by atoms with Gasteiger partial charge in [-0.2, -0.15) is 0 Å². The minimum Gasteiger partial charge on any atom is -0.480 e. The number of nitrogens with one attached hydrogen (secondary N) is 1. The molecule has 1 N–H and O–H groups in total. The molecule has 1 atom stereocenters. The lowest BCUT2D eigenvalue weighted by molar-refractivity contribution is -0.122. The van der Waals surface area contributed by atoms with Crippen LogP contribution in [0.1, 0.15) is 41.8 Å². The molecular formula is C21H25NO4. The minimum absolute atomic E-state index is 0.255. The number of hydrogen-bond donors (Lipinski definition) is 1. The maximum Gasteiger partial charge on any atom is 0.338 e. The summed E-state index contributed by atoms with van der Waals surface area (Å²) in [4.78, 5) is 24.4. The average Bonchev–Trinajstić information content (AvgIpc) is 2.63. The van der Waals surface area contributed by atoms with Gasteiger partial charge in [-0.25, -0.2) is 4.79 Å². The maximum atomic E-state index is 12.6. The normalized spacial score (nSPS) is 11.5. The Balaban J connectivity index is 2.11. The van der Waals surface area contributed by atoms with Crippen molar-refractivity contribution in [3.63, 3.8) is 0 Å². The van der Waals surface area contributed by atoms with Gasteiger partial charge in [-0.15, -0.1) is 0 Å². The number of carbonyl (C=O) groups excluding carboxylic acids is 2. The number of anilines is 1. The van der Waals surface area contributed by atoms with Crippen LogP contribution in [0.2, 0.25) is 0 Å². The van der Waals surface area contributed by atoms with Crippen LogP contribution in [0.3, 0.4) is 0 Å². The number of ether oxygens (including phenoxy) is 2. The van der Waals surface area contributed by atoms with Crippen LogP contribution in [0.25, 0.3) is 0 Å². The number of benzene rings is 2. The molecule has 0 saturated heterocycles. The summed E-state index contributed by atoms with van der Waals surface area (Å²) >= 11 is 0. The lowest BCUT2D eigenvalue weighted by atomic mass is 10.1. The summed E-state index contributed by atoms with van der Waals surface area (Å²) in [6, 6.07) is 12.5. The summed E-state index contributed by atoms with van der Waals surface area (Å²) < 4.78 is 10.9. The van der Waals surface area contributed by atoms with Crippen LogP contribution in [-0.2, 0) is 9.53 Å². The Hall–Kier alpha value is -2.82. The molecule has 2 aromatic rings. The van der Waals surface area contributed by atoms with Gasteiger partial charge >= 0.3 is 5.97 Å². The first-order chi connectivity index (χ1) is 12.5. The molecule has 0 unspecified atom stereocenters. The zero-order valence-electron chi connectivity index (χ0n) is 15.7. The third-order valence-corrected chi connectivity index (χ3v) is 4.13. The van der Waals surface area contributed by atoms with Crippen LogP contribution < -0.4 is 10.1 Å². The van der Waals surface area contributed by atoms with Crippen molar-refractivity contribution in [1.29, 1.82) is 0 Å². The SMILES string of the molecule is CCOC(=O)c1cccc(NC(=O)[C@H](CC)Oc2cccc(C)c2C)c1. The number of amides is 1. The Morgan fingerprint density at radius 2 is 1.81 bits per heavy atom. The molecule has 0 saturated carbocycles. The van der Waals surface area contributed by atoms with E-state index in [1.165, 1.54) is 0 Å². The van der Waals surface area contributed by atoms with Gasteiger partial charge in [0.15, 0.2) is 6.10 Å². The van der Waals surface area contributed by atoms with Crippen molar-refractivity contribution < 1.29 is 19.1 Å². The monoisotopic (exact) mass is 355 g/mol. The highest BCUT2D eigenvalue weighted by Crippen LogP contribution is 2.23. The van der Waals surface area contributed by atoms with E-state index < -0.39 is 12.1 Å². The predicted molar refractivity (Wildman–Crippen MR) is 102 cm³/mol. The lowest BCUT2D eigenvalue weighted by Gasteiger charge is -2.19. The van der Waals surface area contributed by atoms with Gasteiger partial charge in [-0.3, -0.25) is 4.79 Å². The molecule has 5 heteroatoms. The Bertz CT molecular complexity index is 785. The molecule has 0 aliphatic rings. The van der Waals surface area contributed by atoms with E-state index >= 15 is 0 Å². The number of esters is 1. The third kappa shape index (κ3) is 4.85. The van der Waals surface area contributed by atoms with Crippen molar-refractivity contribution in [2.45, 2.75) is 40.2 Å². The summed E-state index contributed by atoms with van der Waals surface area (Å²) in [5, 5.41) is 2.81. The molecule has 0 aromatic heterocycles. The fourth-order valence-electron chi connectivity index (χ4n) is 2.49. The Kier molecular flexibility index (Phi) is 6.78. The highest BCUT2D eigenvalue weighted by molar-refractivity contribution is 5.96. The van der Waals surface area contributed by atoms with E-state index in [1.54, 1.807) is 31.2 Å². The zero-order chi connectivity index (χ0) is 19.1. The smallest absolute Gasteiger partial charge is 0.338 e. The van der Waals surface area contributed by atoms with E-state index in [2.05, 4.69) is 5.32 Å². The molecule has 2 rings (SSSR count). The summed E-state index contributed by atoms with van der Waals surface area (Å²) in [6.07, 6.45) is -0.0988. The first kappa shape index (κ1) is 19.5. The van der Waals surface area contributed by atoms with Crippen molar-refractivity contribution >= 4 is 17.6 Å². The molecule has 2 aromatic carbocycles. The standard InChI is InChI=1S/C21H25NO4/c1-5-18(26-19-12-7-9-14(3)15(19)4)20(23)22-17-11-8-10-16(13-17)21(24)25-6-2/h7-13,18H,5-6H2,1-4H3,(H,22,23)/t18-/m0/s1. The quantitative estimate of drug-likeness (QED) is 0.753. The lowest BCUT2D eigenvalue weighted by Crippen LogP contribution is -2.32. The average molecular weight is 355 g/mol. The van der Waals surface area contributed by atoms with E-state index in [0.717, 1.165) is 11.1 Å². The van der Waals surface area contributed by atoms with Crippen LogP contribution in [0.5, 0.6) is 5.75 Å². The van der Waals surface area contributed by atoms with Gasteiger partial charge in [0.05, 0.1) is 12.2 Å². The second-order valence-electron chi connectivity index (χ2n) is 6.00. The van der Waals surface area contributed by atoms with Crippen molar-refractivity contribution in [2.24, 2.45) is 0 Å². The second-order valence-corrected chi connectivity index (χ2v) is 6.00. The van der Waals surface area contributed by atoms with E-state index in [0.29, 0.717) is 30.0 Å². The number of hydrogen-bond acceptors (Lipinski definition) is 4. The number of carbonyl (C=O) groups is 2. The molecule has 0 radical (unpaired) electrons. The Labute approximate surface area is 154 Å². The fraction of sp³-hybridized carbons (Fsp3) is 0.333. The topological polar surface area (TPSA) is 64.6 Å². The van der Waals surface area contributed by atoms with Crippen LogP contribution in [0.15, 0.2) is 42.5 Å². The van der Waals surface area contributed by atoms with Crippen LogP contribution in [0, 0.1) is 13.8 Å². The molecule has 0 aliphatic carbocycles. The fourth-order valence-corrected chi connectivity index (χ4v) is 2.49. The number of rotatable bonds is 7. The van der Waals surface area contributed by atoms with Crippen molar-refractivity contribution in [2.75, 3.05) is 11.9 Å². The predicted octanol–water partition coefficient (Wildman–Crippen LogP) is 4.28. The summed E-state index contributed by atoms with van der Waals surface area (Å²) in [5.74, 6) is 0.0314. The number of aryl methyl sites for hydroxylation is 1. The van der Waals surface area contributed by atoms with Gasteiger partial charge in [-0.05, 0) is 62.6 Å². The van der Waals surface area contributed by atoms with Crippen molar-refractivity contribution in [3.8, 4) is 5.75 Å². The molecule has 0 fully saturated rings. The van der Waals surface area contributed by atoms with Crippen molar-refractivity contribution in [3.05, 3.63) is 59.2 Å². The van der Waals surface area contributed by atoms with Gasteiger partial charge in [0.25, 0.3) is 5.91 Å². The van der Waals surface area contributed by atoms with Crippen LogP contribution in [-0.4, -0.2) is 24.6 Å². The van der Waals surface area contributed by atoms with Gasteiger partial charge in [0.2, 0.25) is 0 Å². The highest BCUT2D eigenvalue weighted by atomic mass is 16.5. The first-order valence-corrected chi connectivity index (χ1v) is 8.77. The molecule has 5 nitrogen and oxygen atoms in total. The second kappa shape index (κ2) is 9.04. The van der Waals surface area contributed by atoms with Crippen LogP contribution >= 0.6 is 0 Å². The molecule has 138 valence electrons. The molecule has 0 aliphatic heterocycles. The zero-order valence-corrected chi connectivity index (χ0v) is 15.7. The van der Waals surface area contributed by atoms with E-state index in [4.69, 9.17) is 9.47 Å². The molecule has 0 spiro atoms. The van der Waals surface area contributed by atoms with Gasteiger partial charge in [0, 0.05) is 5.69 Å². The maximum absolute atomic E-state index is 12.6. The van der Waals surface area contributed by atoms with Gasteiger partial charge < -0.3 is 14.8 Å². The molecule has 1 amide bonds.